The van der Waals surface area contributed by atoms with Gasteiger partial charge in [-0.1, -0.05) is 29.5 Å². The Hall–Kier alpha value is -1.80. The van der Waals surface area contributed by atoms with Crippen LogP contribution in [0.1, 0.15) is 20.8 Å². The number of hydrogen-bond donors (Lipinski definition) is 2. The van der Waals surface area contributed by atoms with E-state index in [2.05, 4.69) is 17.2 Å². The molecular weight excluding hydrogens is 292 g/mol. The number of hydrogen-bond acceptors (Lipinski definition) is 3. The first-order valence-corrected chi connectivity index (χ1v) is 7.20. The molecular formula is C15H13ClN2OS. The summed E-state index contributed by atoms with van der Waals surface area (Å²) in [5, 5.41) is 2.85. The van der Waals surface area contributed by atoms with Gasteiger partial charge in [0.05, 0.1) is 17.4 Å². The largest absolute Gasteiger partial charge is 0.347 e. The van der Waals surface area contributed by atoms with Crippen LogP contribution in [0.25, 0.3) is 0 Å². The van der Waals surface area contributed by atoms with Gasteiger partial charge in [-0.05, 0) is 30.3 Å². The molecule has 1 heterocycles. The fourth-order valence-corrected chi connectivity index (χ4v) is 2.63. The number of thiophene rings is 1. The molecule has 0 unspecified atom stereocenters. The molecule has 0 saturated carbocycles. The number of carbonyl (C=O) groups excluding carboxylic acids is 1. The average Bonchev–Trinajstić information content (AvgIpc) is 2.88. The van der Waals surface area contributed by atoms with Crippen molar-refractivity contribution in [3.05, 3.63) is 56.7 Å². The van der Waals surface area contributed by atoms with Crippen LogP contribution in [0.4, 0.5) is 0 Å². The molecule has 0 bridgehead atoms. The van der Waals surface area contributed by atoms with E-state index < -0.39 is 0 Å². The Labute approximate surface area is 126 Å². The molecule has 2 rings (SSSR count). The van der Waals surface area contributed by atoms with Gasteiger partial charge < -0.3 is 11.1 Å². The highest BCUT2D eigenvalue weighted by atomic mass is 35.5. The first-order chi connectivity index (χ1) is 9.69. The highest BCUT2D eigenvalue weighted by Crippen LogP contribution is 2.21. The summed E-state index contributed by atoms with van der Waals surface area (Å²) in [5.74, 6) is 5.54. The van der Waals surface area contributed by atoms with Crippen molar-refractivity contribution in [3.63, 3.8) is 0 Å². The van der Waals surface area contributed by atoms with E-state index in [1.807, 2.05) is 18.2 Å². The van der Waals surface area contributed by atoms with Crippen LogP contribution in [0.15, 0.2) is 36.4 Å². The van der Waals surface area contributed by atoms with Gasteiger partial charge in [0.1, 0.15) is 0 Å². The van der Waals surface area contributed by atoms with Crippen LogP contribution in [0.3, 0.4) is 0 Å². The summed E-state index contributed by atoms with van der Waals surface area (Å²) >= 11 is 7.30. The Bertz CT molecular complexity index is 670. The van der Waals surface area contributed by atoms with Gasteiger partial charge in [0.15, 0.2) is 0 Å². The maximum absolute atomic E-state index is 12.0. The van der Waals surface area contributed by atoms with Crippen LogP contribution in [0.2, 0.25) is 4.34 Å². The third-order valence-electron chi connectivity index (χ3n) is 2.51. The number of rotatable bonds is 3. The molecule has 0 aliphatic rings. The van der Waals surface area contributed by atoms with Gasteiger partial charge in [-0.15, -0.1) is 11.3 Å². The Morgan fingerprint density at radius 2 is 2.20 bits per heavy atom. The standard InChI is InChI=1S/C15H13ClN2OS/c16-14-7-6-13(20-14)10-18-15(19)12-5-1-3-11(9-12)4-2-8-17/h1,3,5-7,9H,8,10,17H2,(H,18,19). The first kappa shape index (κ1) is 14.6. The maximum Gasteiger partial charge on any atom is 0.251 e. The molecule has 1 aromatic heterocycles. The molecule has 1 aromatic carbocycles. The number of amides is 1. The van der Waals surface area contributed by atoms with Gasteiger partial charge in [-0.3, -0.25) is 4.79 Å². The highest BCUT2D eigenvalue weighted by molar-refractivity contribution is 7.16. The van der Waals surface area contributed by atoms with E-state index in [4.69, 9.17) is 17.3 Å². The summed E-state index contributed by atoms with van der Waals surface area (Å²) in [7, 11) is 0. The lowest BCUT2D eigenvalue weighted by atomic mass is 10.1. The minimum Gasteiger partial charge on any atom is -0.347 e. The lowest BCUT2D eigenvalue weighted by Gasteiger charge is -2.04. The first-order valence-electron chi connectivity index (χ1n) is 6.00. The second-order valence-corrected chi connectivity index (χ2v) is 5.77. The molecule has 2 aromatic rings. The Morgan fingerprint density at radius 1 is 1.35 bits per heavy atom. The SMILES string of the molecule is NCC#Cc1cccc(C(=O)NCc2ccc(Cl)s2)c1. The quantitative estimate of drug-likeness (QED) is 0.857. The van der Waals surface area contributed by atoms with Crippen molar-refractivity contribution < 1.29 is 4.79 Å². The predicted molar refractivity (Wildman–Crippen MR) is 82.9 cm³/mol. The van der Waals surface area contributed by atoms with Gasteiger partial charge >= 0.3 is 0 Å². The van der Waals surface area contributed by atoms with Crippen molar-refractivity contribution in [2.45, 2.75) is 6.54 Å². The zero-order valence-electron chi connectivity index (χ0n) is 10.7. The number of benzene rings is 1. The summed E-state index contributed by atoms with van der Waals surface area (Å²) in [4.78, 5) is 13.1. The highest BCUT2D eigenvalue weighted by Gasteiger charge is 2.06. The minimum atomic E-state index is -0.133. The zero-order valence-corrected chi connectivity index (χ0v) is 12.2. The fourth-order valence-electron chi connectivity index (χ4n) is 1.61. The minimum absolute atomic E-state index is 0.133. The molecule has 0 saturated heterocycles. The van der Waals surface area contributed by atoms with Crippen LogP contribution < -0.4 is 11.1 Å². The monoisotopic (exact) mass is 304 g/mol. The van der Waals surface area contributed by atoms with Crippen molar-refractivity contribution in [1.29, 1.82) is 0 Å². The maximum atomic E-state index is 12.0. The molecule has 1 amide bonds. The summed E-state index contributed by atoms with van der Waals surface area (Å²) in [6, 6.07) is 10.9. The molecule has 0 aliphatic heterocycles. The van der Waals surface area contributed by atoms with E-state index in [-0.39, 0.29) is 5.91 Å². The molecule has 3 N–H and O–H groups in total. The van der Waals surface area contributed by atoms with Crippen molar-refractivity contribution >= 4 is 28.8 Å². The topological polar surface area (TPSA) is 55.1 Å². The normalized spacial score (nSPS) is 9.70. The van der Waals surface area contributed by atoms with Crippen LogP contribution in [-0.4, -0.2) is 12.5 Å². The zero-order chi connectivity index (χ0) is 14.4. The molecule has 3 nitrogen and oxygen atoms in total. The molecule has 5 heteroatoms. The number of halogens is 1. The number of nitrogens with two attached hydrogens (primary N) is 1. The smallest absolute Gasteiger partial charge is 0.251 e. The summed E-state index contributed by atoms with van der Waals surface area (Å²) in [6.07, 6.45) is 0. The predicted octanol–water partition coefficient (Wildman–Crippen LogP) is 2.64. The van der Waals surface area contributed by atoms with Crippen molar-refractivity contribution in [1.82, 2.24) is 5.32 Å². The van der Waals surface area contributed by atoms with Crippen LogP contribution in [0, 0.1) is 11.8 Å². The second-order valence-electron chi connectivity index (χ2n) is 3.98. The van der Waals surface area contributed by atoms with Crippen molar-refractivity contribution in [2.75, 3.05) is 6.54 Å². The van der Waals surface area contributed by atoms with E-state index >= 15 is 0 Å². The van der Waals surface area contributed by atoms with E-state index in [1.54, 1.807) is 18.2 Å². The molecule has 0 radical (unpaired) electrons. The van der Waals surface area contributed by atoms with Gasteiger partial charge in [0.25, 0.3) is 5.91 Å². The Kier molecular flexibility index (Phi) is 5.19. The molecule has 0 atom stereocenters. The summed E-state index contributed by atoms with van der Waals surface area (Å²) < 4.78 is 0.716. The summed E-state index contributed by atoms with van der Waals surface area (Å²) in [6.45, 7) is 0.768. The summed E-state index contributed by atoms with van der Waals surface area (Å²) in [5.41, 5.74) is 6.69. The average molecular weight is 305 g/mol. The lowest BCUT2D eigenvalue weighted by Crippen LogP contribution is -2.22. The Balaban J connectivity index is 2.01. The lowest BCUT2D eigenvalue weighted by molar-refractivity contribution is 0.0951. The number of carbonyl (C=O) groups is 1. The molecule has 0 fully saturated rings. The Morgan fingerprint density at radius 3 is 2.90 bits per heavy atom. The van der Waals surface area contributed by atoms with Crippen molar-refractivity contribution in [2.24, 2.45) is 5.73 Å². The van der Waals surface area contributed by atoms with E-state index in [0.717, 1.165) is 10.4 Å². The van der Waals surface area contributed by atoms with Crippen molar-refractivity contribution in [3.8, 4) is 11.8 Å². The van der Waals surface area contributed by atoms with E-state index in [0.29, 0.717) is 23.0 Å². The van der Waals surface area contributed by atoms with Gasteiger partial charge in [0.2, 0.25) is 0 Å². The molecule has 20 heavy (non-hydrogen) atoms. The van der Waals surface area contributed by atoms with E-state index in [1.165, 1.54) is 11.3 Å². The van der Waals surface area contributed by atoms with E-state index in [9.17, 15) is 4.79 Å². The number of nitrogens with one attached hydrogen (secondary N) is 1. The molecule has 102 valence electrons. The van der Waals surface area contributed by atoms with Gasteiger partial charge in [-0.25, -0.2) is 0 Å². The second kappa shape index (κ2) is 7.11. The van der Waals surface area contributed by atoms with Gasteiger partial charge in [-0.2, -0.15) is 0 Å². The van der Waals surface area contributed by atoms with Crippen LogP contribution in [-0.2, 0) is 6.54 Å². The third kappa shape index (κ3) is 4.10. The van der Waals surface area contributed by atoms with Crippen LogP contribution in [0.5, 0.6) is 0 Å². The van der Waals surface area contributed by atoms with Crippen LogP contribution >= 0.6 is 22.9 Å². The fraction of sp³-hybridized carbons (Fsp3) is 0.133. The van der Waals surface area contributed by atoms with Gasteiger partial charge in [0, 0.05) is 16.0 Å². The molecule has 0 aliphatic carbocycles. The molecule has 0 spiro atoms. The third-order valence-corrected chi connectivity index (χ3v) is 3.74.